The maximum absolute atomic E-state index is 11.4. The first-order valence-electron chi connectivity index (χ1n) is 13.7. The molecule has 0 bridgehead atoms. The summed E-state index contributed by atoms with van der Waals surface area (Å²) in [5.74, 6) is 0. The van der Waals surface area contributed by atoms with Gasteiger partial charge in [-0.1, -0.05) is 126 Å². The quantitative estimate of drug-likeness (QED) is 0.0975. The molecule has 0 radical (unpaired) electrons. The third-order valence-electron chi connectivity index (χ3n) is 6.50. The minimum atomic E-state index is -1.07. The van der Waals surface area contributed by atoms with Crippen molar-refractivity contribution in [2.24, 2.45) is 5.16 Å². The van der Waals surface area contributed by atoms with Crippen molar-refractivity contribution in [3.05, 3.63) is 144 Å². The van der Waals surface area contributed by atoms with E-state index in [4.69, 9.17) is 18.9 Å². The molecule has 7 nitrogen and oxygen atoms in total. The molecule has 0 saturated carbocycles. The number of hydrogen-bond acceptors (Lipinski definition) is 7. The van der Waals surface area contributed by atoms with E-state index in [-0.39, 0.29) is 26.4 Å². The second-order valence-corrected chi connectivity index (χ2v) is 9.62. The highest BCUT2D eigenvalue weighted by Crippen LogP contribution is 2.21. The molecule has 0 spiro atoms. The van der Waals surface area contributed by atoms with E-state index in [2.05, 4.69) is 5.16 Å². The number of aliphatic hydroxyl groups is 1. The van der Waals surface area contributed by atoms with Crippen molar-refractivity contribution < 1.29 is 29.3 Å². The molecule has 0 saturated heterocycles. The Morgan fingerprint density at radius 2 is 0.927 bits per heavy atom. The zero-order chi connectivity index (χ0) is 28.5. The lowest BCUT2D eigenvalue weighted by Gasteiger charge is -2.34. The molecule has 2 N–H and O–H groups in total. The first kappa shape index (κ1) is 30.1. The predicted octanol–water partition coefficient (Wildman–Crippen LogP) is 5.78. The molecule has 214 valence electrons. The van der Waals surface area contributed by atoms with Crippen LogP contribution < -0.4 is 0 Å². The Kier molecular flexibility index (Phi) is 12.5. The highest BCUT2D eigenvalue weighted by molar-refractivity contribution is 5.63. The molecular weight excluding hydrogens is 518 g/mol. The van der Waals surface area contributed by atoms with Crippen LogP contribution in [0.1, 0.15) is 22.3 Å². The van der Waals surface area contributed by atoms with Crippen LogP contribution in [0.3, 0.4) is 0 Å². The van der Waals surface area contributed by atoms with E-state index in [1.54, 1.807) is 0 Å². The normalized spacial score (nSPS) is 14.5. The maximum atomic E-state index is 11.4. The van der Waals surface area contributed by atoms with Crippen molar-refractivity contribution in [2.75, 3.05) is 6.61 Å². The summed E-state index contributed by atoms with van der Waals surface area (Å²) >= 11 is 0. The largest absolute Gasteiger partial charge is 0.411 e. The average Bonchev–Trinajstić information content (AvgIpc) is 3.03. The van der Waals surface area contributed by atoms with Crippen LogP contribution in [0.4, 0.5) is 0 Å². The summed E-state index contributed by atoms with van der Waals surface area (Å²) in [6, 6.07) is 38.8. The van der Waals surface area contributed by atoms with Gasteiger partial charge in [-0.25, -0.2) is 0 Å². The van der Waals surface area contributed by atoms with E-state index in [0.717, 1.165) is 22.3 Å². The van der Waals surface area contributed by atoms with Crippen molar-refractivity contribution in [1.29, 1.82) is 0 Å². The lowest BCUT2D eigenvalue weighted by atomic mass is 10.0. The number of aliphatic hydroxyl groups excluding tert-OH is 1. The van der Waals surface area contributed by atoms with E-state index in [1.165, 1.54) is 6.21 Å². The molecule has 7 heteroatoms. The van der Waals surface area contributed by atoms with E-state index in [9.17, 15) is 10.3 Å². The number of rotatable bonds is 17. The SMILES string of the molecule is O/N=C/[C@H](OCc1ccccc1)[C@@H](OCc1ccccc1)[C@H](OCc1ccccc1)[C@H](O)COCc1ccccc1. The van der Waals surface area contributed by atoms with Crippen molar-refractivity contribution in [2.45, 2.75) is 50.8 Å². The molecule has 0 heterocycles. The van der Waals surface area contributed by atoms with Crippen LogP contribution in [0, 0.1) is 0 Å². The molecule has 0 fully saturated rings. The fourth-order valence-corrected chi connectivity index (χ4v) is 4.36. The first-order valence-corrected chi connectivity index (χ1v) is 13.7. The second-order valence-electron chi connectivity index (χ2n) is 9.62. The summed E-state index contributed by atoms with van der Waals surface area (Å²) in [6.07, 6.45) is -2.36. The third-order valence-corrected chi connectivity index (χ3v) is 6.50. The summed E-state index contributed by atoms with van der Waals surface area (Å²) in [7, 11) is 0. The lowest BCUT2D eigenvalue weighted by molar-refractivity contribution is -0.174. The predicted molar refractivity (Wildman–Crippen MR) is 157 cm³/mol. The van der Waals surface area contributed by atoms with Crippen LogP contribution in [-0.2, 0) is 45.4 Å². The molecule has 0 aromatic heterocycles. The van der Waals surface area contributed by atoms with Gasteiger partial charge in [0.1, 0.15) is 24.4 Å². The van der Waals surface area contributed by atoms with Gasteiger partial charge in [-0.3, -0.25) is 0 Å². The Balaban J connectivity index is 1.56. The molecule has 0 amide bonds. The van der Waals surface area contributed by atoms with Crippen LogP contribution in [0.25, 0.3) is 0 Å². The summed E-state index contributed by atoms with van der Waals surface area (Å²) < 4.78 is 24.8. The Labute approximate surface area is 241 Å². The molecule has 4 atom stereocenters. The fraction of sp³-hybridized carbons (Fsp3) is 0.265. The standard InChI is InChI=1S/C34H37NO6/c36-31(26-38-22-27-13-5-1-6-14-27)33(40-24-29-17-9-3-10-18-29)34(41-25-30-19-11-4-12-20-30)32(21-35-37)39-23-28-15-7-2-8-16-28/h1-21,31-34,36-37H,22-26H2/b35-21+/t31-,32+,33-,34-/m1/s1. The van der Waals surface area contributed by atoms with Crippen molar-refractivity contribution in [3.63, 3.8) is 0 Å². The number of benzene rings is 4. The molecule has 4 aromatic carbocycles. The van der Waals surface area contributed by atoms with Crippen LogP contribution >= 0.6 is 0 Å². The van der Waals surface area contributed by atoms with Gasteiger partial charge in [0.15, 0.2) is 0 Å². The van der Waals surface area contributed by atoms with Gasteiger partial charge in [0.05, 0.1) is 39.2 Å². The van der Waals surface area contributed by atoms with E-state index in [0.29, 0.717) is 6.61 Å². The Morgan fingerprint density at radius 3 is 1.37 bits per heavy atom. The zero-order valence-corrected chi connectivity index (χ0v) is 22.9. The van der Waals surface area contributed by atoms with E-state index >= 15 is 0 Å². The third kappa shape index (κ3) is 10.2. The smallest absolute Gasteiger partial charge is 0.125 e. The zero-order valence-electron chi connectivity index (χ0n) is 22.9. The molecule has 0 aliphatic carbocycles. The highest BCUT2D eigenvalue weighted by Gasteiger charge is 2.37. The molecule has 0 aliphatic heterocycles. The summed E-state index contributed by atoms with van der Waals surface area (Å²) in [4.78, 5) is 0. The van der Waals surface area contributed by atoms with Crippen molar-refractivity contribution >= 4 is 6.21 Å². The summed E-state index contributed by atoms with van der Waals surface area (Å²) in [5, 5.41) is 24.3. The van der Waals surface area contributed by atoms with Gasteiger partial charge in [-0.2, -0.15) is 0 Å². The number of hydrogen-bond donors (Lipinski definition) is 2. The molecular formula is C34H37NO6. The lowest BCUT2D eigenvalue weighted by Crippen LogP contribution is -2.50. The van der Waals surface area contributed by atoms with Gasteiger partial charge in [0.25, 0.3) is 0 Å². The summed E-state index contributed by atoms with van der Waals surface area (Å²) in [6.45, 7) is 1.05. The van der Waals surface area contributed by atoms with Crippen LogP contribution in [0.2, 0.25) is 0 Å². The number of ether oxygens (including phenoxy) is 4. The highest BCUT2D eigenvalue weighted by atomic mass is 16.6. The maximum Gasteiger partial charge on any atom is 0.125 e. The van der Waals surface area contributed by atoms with Gasteiger partial charge in [-0.05, 0) is 22.3 Å². The molecule has 0 unspecified atom stereocenters. The topological polar surface area (TPSA) is 89.7 Å². The average molecular weight is 556 g/mol. The molecule has 4 rings (SSSR count). The monoisotopic (exact) mass is 555 g/mol. The van der Waals surface area contributed by atoms with Gasteiger partial charge in [0, 0.05) is 0 Å². The molecule has 41 heavy (non-hydrogen) atoms. The van der Waals surface area contributed by atoms with Gasteiger partial charge in [0.2, 0.25) is 0 Å². The van der Waals surface area contributed by atoms with Gasteiger partial charge >= 0.3 is 0 Å². The summed E-state index contributed by atoms with van der Waals surface area (Å²) in [5.41, 5.74) is 3.82. The van der Waals surface area contributed by atoms with Crippen LogP contribution in [0.5, 0.6) is 0 Å². The Hall–Kier alpha value is -3.85. The van der Waals surface area contributed by atoms with E-state index < -0.39 is 24.4 Å². The number of oxime groups is 1. The van der Waals surface area contributed by atoms with Crippen molar-refractivity contribution in [1.82, 2.24) is 0 Å². The Morgan fingerprint density at radius 1 is 0.537 bits per heavy atom. The van der Waals surface area contributed by atoms with Crippen LogP contribution in [-0.4, -0.2) is 47.6 Å². The first-order chi connectivity index (χ1) is 20.2. The molecule has 4 aromatic rings. The second kappa shape index (κ2) is 17.1. The van der Waals surface area contributed by atoms with Crippen molar-refractivity contribution in [3.8, 4) is 0 Å². The minimum absolute atomic E-state index is 0.00121. The number of nitrogens with zero attached hydrogens (tertiary/aromatic N) is 1. The molecule has 0 aliphatic rings. The van der Waals surface area contributed by atoms with Crippen LogP contribution in [0.15, 0.2) is 126 Å². The van der Waals surface area contributed by atoms with Gasteiger partial charge in [-0.15, -0.1) is 0 Å². The Bertz CT molecular complexity index is 1260. The minimum Gasteiger partial charge on any atom is -0.411 e. The fourth-order valence-electron chi connectivity index (χ4n) is 4.36. The van der Waals surface area contributed by atoms with E-state index in [1.807, 2.05) is 121 Å². The van der Waals surface area contributed by atoms with Gasteiger partial charge < -0.3 is 29.3 Å².